The van der Waals surface area contributed by atoms with Gasteiger partial charge in [-0.1, -0.05) is 17.3 Å². The van der Waals surface area contributed by atoms with Crippen LogP contribution in [0.1, 0.15) is 43.0 Å². The number of benzene rings is 1. The largest absolute Gasteiger partial charge is 0.487 e. The molecule has 2 aromatic rings. The molecule has 0 radical (unpaired) electrons. The zero-order chi connectivity index (χ0) is 19.3. The minimum Gasteiger partial charge on any atom is -0.487 e. The van der Waals surface area contributed by atoms with Crippen LogP contribution in [0.15, 0.2) is 36.5 Å². The van der Waals surface area contributed by atoms with E-state index in [1.807, 2.05) is 6.20 Å². The van der Waals surface area contributed by atoms with Crippen LogP contribution in [0.4, 0.5) is 5.69 Å². The van der Waals surface area contributed by atoms with E-state index >= 15 is 0 Å². The van der Waals surface area contributed by atoms with Crippen LogP contribution >= 0.6 is 0 Å². The maximum atomic E-state index is 6.27. The topological polar surface area (TPSA) is 43.2 Å². The Labute approximate surface area is 167 Å². The van der Waals surface area contributed by atoms with E-state index in [0.29, 0.717) is 12.6 Å². The van der Waals surface area contributed by atoms with Crippen molar-refractivity contribution in [2.24, 2.45) is 0 Å². The van der Waals surface area contributed by atoms with E-state index in [4.69, 9.17) is 4.74 Å². The van der Waals surface area contributed by atoms with Gasteiger partial charge in [0.1, 0.15) is 12.4 Å². The second-order valence-electron chi connectivity index (χ2n) is 9.06. The number of hydrogen-bond donors (Lipinski definition) is 0. The van der Waals surface area contributed by atoms with Gasteiger partial charge in [-0.3, -0.25) is 0 Å². The van der Waals surface area contributed by atoms with Gasteiger partial charge in [-0.25, -0.2) is 4.68 Å². The predicted octanol–water partition coefficient (Wildman–Crippen LogP) is 3.23. The van der Waals surface area contributed by atoms with E-state index < -0.39 is 0 Å². The summed E-state index contributed by atoms with van der Waals surface area (Å²) >= 11 is 0. The number of quaternary nitrogens is 1. The lowest BCUT2D eigenvalue weighted by molar-refractivity contribution is -0.931. The van der Waals surface area contributed by atoms with Gasteiger partial charge in [0.25, 0.3) is 0 Å². The average Bonchev–Trinajstić information content (AvgIpc) is 3.17. The van der Waals surface area contributed by atoms with Crippen LogP contribution in [0.2, 0.25) is 0 Å². The lowest BCUT2D eigenvalue weighted by atomic mass is 9.95. The van der Waals surface area contributed by atoms with Gasteiger partial charge in [0, 0.05) is 50.5 Å². The van der Waals surface area contributed by atoms with Crippen molar-refractivity contribution >= 4 is 11.4 Å². The van der Waals surface area contributed by atoms with Crippen molar-refractivity contribution in [1.29, 1.82) is 0 Å². The maximum absolute atomic E-state index is 6.27. The number of para-hydroxylation sites is 1. The number of piperidine rings is 1. The Kier molecular flexibility index (Phi) is 4.19. The molecule has 4 heterocycles. The molecule has 5 rings (SSSR count). The fraction of sp³-hybridized carbons (Fsp3) is 0.545. The summed E-state index contributed by atoms with van der Waals surface area (Å²) < 4.78 is 9.59. The molecule has 2 atom stereocenters. The molecule has 28 heavy (non-hydrogen) atoms. The molecule has 2 bridgehead atoms. The first kappa shape index (κ1) is 17.7. The van der Waals surface area contributed by atoms with Crippen molar-refractivity contribution in [2.75, 3.05) is 32.6 Å². The van der Waals surface area contributed by atoms with Gasteiger partial charge in [0.05, 0.1) is 44.1 Å². The normalized spacial score (nSPS) is 28.0. The summed E-state index contributed by atoms with van der Waals surface area (Å²) in [5.74, 6) is 0.961. The highest BCUT2D eigenvalue weighted by Crippen LogP contribution is 2.44. The molecule has 0 aliphatic carbocycles. The van der Waals surface area contributed by atoms with Gasteiger partial charge in [0.2, 0.25) is 0 Å². The smallest absolute Gasteiger partial charge is 0.132 e. The van der Waals surface area contributed by atoms with Crippen molar-refractivity contribution in [3.8, 4) is 0 Å². The highest BCUT2D eigenvalue weighted by molar-refractivity contribution is 5.76. The Morgan fingerprint density at radius 1 is 1.14 bits per heavy atom. The Morgan fingerprint density at radius 2 is 1.89 bits per heavy atom. The Balaban J connectivity index is 1.32. The number of ether oxygens (including phenoxy) is 1. The first-order chi connectivity index (χ1) is 13.5. The highest BCUT2D eigenvalue weighted by Gasteiger charge is 2.49. The van der Waals surface area contributed by atoms with Gasteiger partial charge in [-0.05, 0) is 18.2 Å². The minimum atomic E-state index is 0.448. The van der Waals surface area contributed by atoms with Gasteiger partial charge in [-0.2, -0.15) is 0 Å². The van der Waals surface area contributed by atoms with Crippen molar-refractivity contribution in [2.45, 2.75) is 50.4 Å². The third-order valence-electron chi connectivity index (χ3n) is 7.31. The molecule has 0 saturated carbocycles. The molecular weight excluding hydrogens is 350 g/mol. The van der Waals surface area contributed by atoms with Crippen LogP contribution in [-0.2, 0) is 11.3 Å². The van der Waals surface area contributed by atoms with Crippen LogP contribution in [0.25, 0.3) is 5.76 Å². The molecule has 0 amide bonds. The van der Waals surface area contributed by atoms with Crippen LogP contribution in [0.5, 0.6) is 0 Å². The van der Waals surface area contributed by atoms with Crippen LogP contribution < -0.4 is 4.90 Å². The second kappa shape index (κ2) is 6.62. The van der Waals surface area contributed by atoms with Crippen molar-refractivity contribution in [3.05, 3.63) is 47.8 Å². The molecule has 6 nitrogen and oxygen atoms in total. The van der Waals surface area contributed by atoms with Crippen LogP contribution in [0, 0.1) is 0 Å². The van der Waals surface area contributed by atoms with Crippen LogP contribution in [-0.4, -0.2) is 59.2 Å². The van der Waals surface area contributed by atoms with Crippen molar-refractivity contribution in [3.63, 3.8) is 0 Å². The summed E-state index contributed by atoms with van der Waals surface area (Å²) in [4.78, 5) is 2.24. The number of nitrogens with zero attached hydrogens (tertiary/aromatic N) is 5. The highest BCUT2D eigenvalue weighted by atomic mass is 16.5. The quantitative estimate of drug-likeness (QED) is 0.764. The van der Waals surface area contributed by atoms with E-state index in [9.17, 15) is 0 Å². The molecule has 0 N–H and O–H groups in total. The molecule has 148 valence electrons. The van der Waals surface area contributed by atoms with Gasteiger partial charge < -0.3 is 14.1 Å². The fourth-order valence-corrected chi connectivity index (χ4v) is 5.46. The molecule has 1 aromatic heterocycles. The van der Waals surface area contributed by atoms with E-state index in [-0.39, 0.29) is 0 Å². The number of hydrogen-bond acceptors (Lipinski definition) is 4. The van der Waals surface area contributed by atoms with Crippen LogP contribution in [0.3, 0.4) is 0 Å². The van der Waals surface area contributed by atoms with Crippen molar-refractivity contribution < 1.29 is 9.22 Å². The van der Waals surface area contributed by atoms with E-state index in [1.54, 1.807) is 0 Å². The minimum absolute atomic E-state index is 0.448. The molecule has 0 spiro atoms. The summed E-state index contributed by atoms with van der Waals surface area (Å²) in [5, 5.41) is 8.68. The fourth-order valence-electron chi connectivity index (χ4n) is 5.46. The summed E-state index contributed by atoms with van der Waals surface area (Å²) in [5.41, 5.74) is 3.45. The van der Waals surface area contributed by atoms with Gasteiger partial charge in [0.15, 0.2) is 0 Å². The zero-order valence-corrected chi connectivity index (χ0v) is 17.1. The van der Waals surface area contributed by atoms with Crippen molar-refractivity contribution in [1.82, 2.24) is 15.0 Å². The number of rotatable bonds is 4. The number of likely N-dealkylation sites (N-methyl/N-ethyl adjacent to an activating group) is 1. The number of anilines is 1. The molecule has 1 aromatic carbocycles. The van der Waals surface area contributed by atoms with Gasteiger partial charge in [-0.15, -0.1) is 5.10 Å². The molecule has 3 aliphatic rings. The zero-order valence-electron chi connectivity index (χ0n) is 17.1. The maximum Gasteiger partial charge on any atom is 0.132 e. The number of fused-ring (bicyclic) bond motifs is 3. The summed E-state index contributed by atoms with van der Waals surface area (Å²) in [7, 11) is 6.91. The predicted molar refractivity (Wildman–Crippen MR) is 110 cm³/mol. The lowest BCUT2D eigenvalue weighted by Gasteiger charge is -2.44. The number of aromatic nitrogens is 3. The molecule has 3 aliphatic heterocycles. The Bertz CT molecular complexity index is 886. The molecule has 2 saturated heterocycles. The molecule has 6 heteroatoms. The third-order valence-corrected chi connectivity index (χ3v) is 7.31. The first-order valence-corrected chi connectivity index (χ1v) is 10.4. The second-order valence-corrected chi connectivity index (χ2v) is 9.06. The monoisotopic (exact) mass is 380 g/mol. The Hall–Kier alpha value is -2.34. The summed E-state index contributed by atoms with van der Waals surface area (Å²) in [6.07, 6.45) is 9.10. The Morgan fingerprint density at radius 3 is 2.68 bits per heavy atom. The third kappa shape index (κ3) is 2.82. The standard InChI is InChI=1S/C22H30N5O/c1-25-11-10-22(20-6-4-5-7-21(20)25)28-15-17-14-23-24-26(17)16-12-18-8-9-19(13-16)27(18,2)3/h4-7,10,14,16,18-19H,8-9,11-13,15H2,1-3H3/q+1. The van der Waals surface area contributed by atoms with E-state index in [1.165, 1.54) is 35.9 Å². The average molecular weight is 381 g/mol. The lowest BCUT2D eigenvalue weighted by Crippen LogP contribution is -2.54. The first-order valence-electron chi connectivity index (χ1n) is 10.4. The SMILES string of the molecule is CN1CC=C(OCc2cnnn2C2CC3CCC(C2)[N+]3(C)C)c2ccccc21. The van der Waals surface area contributed by atoms with Gasteiger partial charge >= 0.3 is 0 Å². The molecule has 2 unspecified atom stereocenters. The van der Waals surface area contributed by atoms with E-state index in [0.717, 1.165) is 35.6 Å². The molecular formula is C22H30N5O+. The summed E-state index contributed by atoms with van der Waals surface area (Å²) in [6, 6.07) is 10.4. The van der Waals surface area contributed by atoms with E-state index in [2.05, 4.69) is 71.4 Å². The molecule has 2 fully saturated rings. The summed E-state index contributed by atoms with van der Waals surface area (Å²) in [6.45, 7) is 1.38.